The Morgan fingerprint density at radius 3 is 2.29 bits per heavy atom. The molecule has 1 fully saturated rings. The monoisotopic (exact) mass is 311 g/mol. The first kappa shape index (κ1) is 16.6. The van der Waals surface area contributed by atoms with Crippen molar-refractivity contribution in [1.82, 2.24) is 4.90 Å². The summed E-state index contributed by atoms with van der Waals surface area (Å²) < 4.78 is 11.4. The maximum Gasteiger partial charge on any atom is 0.119 e. The number of ether oxygens (including phenoxy) is 2. The van der Waals surface area contributed by atoms with E-state index in [1.165, 1.54) is 0 Å². The number of rotatable bonds is 5. The maximum absolute atomic E-state index is 6.57. The molecular formula is C17H26ClNO2. The van der Waals surface area contributed by atoms with E-state index >= 15 is 0 Å². The summed E-state index contributed by atoms with van der Waals surface area (Å²) >= 11 is 6.57. The zero-order valence-corrected chi connectivity index (χ0v) is 14.1. The van der Waals surface area contributed by atoms with E-state index in [0.29, 0.717) is 0 Å². The van der Waals surface area contributed by atoms with Gasteiger partial charge >= 0.3 is 0 Å². The van der Waals surface area contributed by atoms with Gasteiger partial charge in [-0.05, 0) is 45.4 Å². The number of halogens is 1. The van der Waals surface area contributed by atoms with Gasteiger partial charge in [-0.2, -0.15) is 0 Å². The molecule has 0 saturated carbocycles. The van der Waals surface area contributed by atoms with Crippen molar-refractivity contribution in [1.29, 1.82) is 0 Å². The van der Waals surface area contributed by atoms with E-state index in [-0.39, 0.29) is 23.7 Å². The Morgan fingerprint density at radius 2 is 1.76 bits per heavy atom. The summed E-state index contributed by atoms with van der Waals surface area (Å²) in [5.74, 6) is 0.895. The number of hydrogen-bond donors (Lipinski definition) is 0. The van der Waals surface area contributed by atoms with Gasteiger partial charge in [-0.25, -0.2) is 0 Å². The van der Waals surface area contributed by atoms with E-state index in [4.69, 9.17) is 21.1 Å². The van der Waals surface area contributed by atoms with E-state index in [1.54, 1.807) is 0 Å². The molecule has 1 aromatic rings. The lowest BCUT2D eigenvalue weighted by atomic mass is 10.1. The number of benzene rings is 1. The SMILES string of the molecule is CC(C)Oc1ccc(C(Cl)CN2CC(C)OC(C)C2)cc1. The molecule has 1 aromatic carbocycles. The summed E-state index contributed by atoms with van der Waals surface area (Å²) in [5.41, 5.74) is 1.14. The topological polar surface area (TPSA) is 21.7 Å². The first-order valence-corrected chi connectivity index (χ1v) is 8.16. The van der Waals surface area contributed by atoms with Gasteiger partial charge in [0.05, 0.1) is 23.7 Å². The van der Waals surface area contributed by atoms with E-state index in [0.717, 1.165) is 30.9 Å². The highest BCUT2D eigenvalue weighted by molar-refractivity contribution is 6.21. The first-order chi connectivity index (χ1) is 9.94. The van der Waals surface area contributed by atoms with E-state index in [9.17, 15) is 0 Å². The lowest BCUT2D eigenvalue weighted by Gasteiger charge is -2.36. The Bertz CT molecular complexity index is 425. The molecular weight excluding hydrogens is 286 g/mol. The van der Waals surface area contributed by atoms with Crippen molar-refractivity contribution in [3.63, 3.8) is 0 Å². The van der Waals surface area contributed by atoms with Gasteiger partial charge in [0.25, 0.3) is 0 Å². The van der Waals surface area contributed by atoms with E-state index in [2.05, 4.69) is 30.9 Å². The number of nitrogens with zero attached hydrogens (tertiary/aromatic N) is 1. The predicted molar refractivity (Wildman–Crippen MR) is 87.2 cm³/mol. The quantitative estimate of drug-likeness (QED) is 0.771. The predicted octanol–water partition coefficient (Wildman–Crippen LogP) is 3.86. The average molecular weight is 312 g/mol. The molecule has 0 radical (unpaired) electrons. The molecule has 3 nitrogen and oxygen atoms in total. The fourth-order valence-corrected chi connectivity index (χ4v) is 3.13. The van der Waals surface area contributed by atoms with Crippen LogP contribution >= 0.6 is 11.6 Å². The minimum absolute atomic E-state index is 0.00407. The van der Waals surface area contributed by atoms with Crippen LogP contribution in [0.25, 0.3) is 0 Å². The van der Waals surface area contributed by atoms with Crippen molar-refractivity contribution >= 4 is 11.6 Å². The van der Waals surface area contributed by atoms with Crippen molar-refractivity contribution in [2.75, 3.05) is 19.6 Å². The van der Waals surface area contributed by atoms with Gasteiger partial charge in [0.1, 0.15) is 5.75 Å². The summed E-state index contributed by atoms with van der Waals surface area (Å²) in [6, 6.07) is 8.11. The molecule has 4 heteroatoms. The molecule has 3 atom stereocenters. The molecule has 0 aromatic heterocycles. The van der Waals surface area contributed by atoms with Gasteiger partial charge in [0.15, 0.2) is 0 Å². The number of hydrogen-bond acceptors (Lipinski definition) is 3. The van der Waals surface area contributed by atoms with E-state index in [1.807, 2.05) is 26.0 Å². The lowest BCUT2D eigenvalue weighted by Crippen LogP contribution is -2.46. The lowest BCUT2D eigenvalue weighted by molar-refractivity contribution is -0.0678. The number of alkyl halides is 1. The van der Waals surface area contributed by atoms with Crippen LogP contribution in [0.2, 0.25) is 0 Å². The van der Waals surface area contributed by atoms with Crippen LogP contribution in [-0.2, 0) is 4.74 Å². The Labute approximate surface area is 133 Å². The highest BCUT2D eigenvalue weighted by Crippen LogP contribution is 2.25. The van der Waals surface area contributed by atoms with Crippen LogP contribution in [0.3, 0.4) is 0 Å². The largest absolute Gasteiger partial charge is 0.491 e. The van der Waals surface area contributed by atoms with Gasteiger partial charge in [-0.3, -0.25) is 4.90 Å². The van der Waals surface area contributed by atoms with Gasteiger partial charge in [0.2, 0.25) is 0 Å². The van der Waals surface area contributed by atoms with Gasteiger partial charge < -0.3 is 9.47 Å². The minimum Gasteiger partial charge on any atom is -0.491 e. The number of morpholine rings is 1. The van der Waals surface area contributed by atoms with Crippen molar-refractivity contribution in [3.05, 3.63) is 29.8 Å². The molecule has 0 aliphatic carbocycles. The van der Waals surface area contributed by atoms with Crippen LogP contribution < -0.4 is 4.74 Å². The van der Waals surface area contributed by atoms with Crippen molar-refractivity contribution in [3.8, 4) is 5.75 Å². The Hall–Kier alpha value is -0.770. The second-order valence-electron chi connectivity index (χ2n) is 6.18. The summed E-state index contributed by atoms with van der Waals surface area (Å²) in [6.07, 6.45) is 0.748. The van der Waals surface area contributed by atoms with Crippen molar-refractivity contribution in [2.45, 2.75) is 51.4 Å². The van der Waals surface area contributed by atoms with Crippen LogP contribution in [0.1, 0.15) is 38.6 Å². The molecule has 0 amide bonds. The van der Waals surface area contributed by atoms with Gasteiger partial charge in [-0.15, -0.1) is 11.6 Å². The average Bonchev–Trinajstić information content (AvgIpc) is 2.37. The summed E-state index contributed by atoms with van der Waals surface area (Å²) in [5, 5.41) is -0.00407. The fraction of sp³-hybridized carbons (Fsp3) is 0.647. The summed E-state index contributed by atoms with van der Waals surface area (Å²) in [7, 11) is 0. The van der Waals surface area contributed by atoms with Crippen LogP contribution in [0.5, 0.6) is 5.75 Å². The molecule has 1 aliphatic heterocycles. The standard InChI is InChI=1S/C17H26ClNO2/c1-12(2)20-16-7-5-15(6-8-16)17(18)11-19-9-13(3)21-14(4)10-19/h5-8,12-14,17H,9-11H2,1-4H3. The van der Waals surface area contributed by atoms with Gasteiger partial charge in [0, 0.05) is 19.6 Å². The van der Waals surface area contributed by atoms with Gasteiger partial charge in [-0.1, -0.05) is 12.1 Å². The van der Waals surface area contributed by atoms with E-state index < -0.39 is 0 Å². The molecule has 1 heterocycles. The molecule has 0 spiro atoms. The molecule has 1 aliphatic rings. The molecule has 2 rings (SSSR count). The second kappa shape index (κ2) is 7.48. The second-order valence-corrected chi connectivity index (χ2v) is 6.71. The molecule has 1 saturated heterocycles. The van der Waals surface area contributed by atoms with Crippen molar-refractivity contribution < 1.29 is 9.47 Å². The molecule has 0 bridgehead atoms. The van der Waals surface area contributed by atoms with Crippen LogP contribution in [-0.4, -0.2) is 42.8 Å². The smallest absolute Gasteiger partial charge is 0.119 e. The van der Waals surface area contributed by atoms with Crippen LogP contribution in [0.4, 0.5) is 0 Å². The van der Waals surface area contributed by atoms with Crippen molar-refractivity contribution in [2.24, 2.45) is 0 Å². The third-order valence-electron chi connectivity index (χ3n) is 3.53. The molecule has 3 unspecified atom stereocenters. The summed E-state index contributed by atoms with van der Waals surface area (Å²) in [4.78, 5) is 2.38. The van der Waals surface area contributed by atoms with Crippen LogP contribution in [0, 0.1) is 0 Å². The Balaban J connectivity index is 1.92. The third kappa shape index (κ3) is 5.17. The zero-order chi connectivity index (χ0) is 15.4. The first-order valence-electron chi connectivity index (χ1n) is 7.72. The third-order valence-corrected chi connectivity index (χ3v) is 3.92. The molecule has 0 N–H and O–H groups in total. The molecule has 21 heavy (non-hydrogen) atoms. The normalized spacial score (nSPS) is 25.0. The Morgan fingerprint density at radius 1 is 1.19 bits per heavy atom. The minimum atomic E-state index is -0.00407. The van der Waals surface area contributed by atoms with Crippen LogP contribution in [0.15, 0.2) is 24.3 Å². The zero-order valence-electron chi connectivity index (χ0n) is 13.4. The molecule has 118 valence electrons. The highest BCUT2D eigenvalue weighted by Gasteiger charge is 2.24. The fourth-order valence-electron chi connectivity index (χ4n) is 2.79. The Kier molecular flexibility index (Phi) is 5.91. The maximum atomic E-state index is 6.57. The highest BCUT2D eigenvalue weighted by atomic mass is 35.5. The summed E-state index contributed by atoms with van der Waals surface area (Å²) in [6.45, 7) is 11.0.